The summed E-state index contributed by atoms with van der Waals surface area (Å²) in [5, 5.41) is 5.94. The number of rotatable bonds is 9. The van der Waals surface area contributed by atoms with Gasteiger partial charge in [-0.2, -0.15) is 0 Å². The van der Waals surface area contributed by atoms with Crippen molar-refractivity contribution in [3.63, 3.8) is 0 Å². The topological polar surface area (TPSA) is 113 Å². The van der Waals surface area contributed by atoms with Crippen LogP contribution >= 0.6 is 0 Å². The van der Waals surface area contributed by atoms with Gasteiger partial charge in [0.1, 0.15) is 0 Å². The van der Waals surface area contributed by atoms with E-state index in [1.54, 1.807) is 37.1 Å². The van der Waals surface area contributed by atoms with E-state index in [1.165, 1.54) is 7.11 Å². The Bertz CT molecular complexity index is 1060. The fourth-order valence-corrected chi connectivity index (χ4v) is 4.96. The van der Waals surface area contributed by atoms with E-state index < -0.39 is 12.0 Å². The summed E-state index contributed by atoms with van der Waals surface area (Å²) >= 11 is 0. The summed E-state index contributed by atoms with van der Waals surface area (Å²) in [6, 6.07) is 4.22. The number of esters is 1. The zero-order valence-electron chi connectivity index (χ0n) is 23.5. The van der Waals surface area contributed by atoms with E-state index in [2.05, 4.69) is 15.5 Å². The molecule has 210 valence electrons. The number of likely N-dealkylation sites (N-methyl/N-ethyl adjacent to an activating group) is 1. The Hall–Kier alpha value is -3.47. The van der Waals surface area contributed by atoms with Crippen molar-refractivity contribution in [3.8, 4) is 11.5 Å². The van der Waals surface area contributed by atoms with E-state index in [0.717, 1.165) is 0 Å². The molecule has 3 rings (SSSR count). The smallest absolute Gasteiger partial charge is 0.338 e. The average Bonchev–Trinajstić information content (AvgIpc) is 2.87. The van der Waals surface area contributed by atoms with Crippen molar-refractivity contribution in [1.29, 1.82) is 0 Å². The minimum Gasteiger partial charge on any atom is -0.493 e. The van der Waals surface area contributed by atoms with E-state index in [4.69, 9.17) is 14.2 Å². The molecule has 11 heteroatoms. The van der Waals surface area contributed by atoms with Crippen molar-refractivity contribution >= 4 is 18.0 Å². The van der Waals surface area contributed by atoms with Crippen LogP contribution in [0.5, 0.6) is 11.5 Å². The van der Waals surface area contributed by atoms with Gasteiger partial charge in [-0.05, 0) is 52.3 Å². The number of carbonyl (C=O) groups is 3. The van der Waals surface area contributed by atoms with Crippen LogP contribution in [0.3, 0.4) is 0 Å². The molecule has 2 aliphatic heterocycles. The Labute approximate surface area is 225 Å². The molecule has 11 nitrogen and oxygen atoms in total. The van der Waals surface area contributed by atoms with Crippen LogP contribution in [-0.4, -0.2) is 98.4 Å². The molecule has 0 aromatic heterocycles. The minimum absolute atomic E-state index is 0.0386. The predicted octanol–water partition coefficient (Wildman–Crippen LogP) is 2.73. The van der Waals surface area contributed by atoms with Gasteiger partial charge < -0.3 is 29.7 Å². The molecule has 2 aliphatic rings. The molecule has 38 heavy (non-hydrogen) atoms. The number of hydrogen-bond acceptors (Lipinski definition) is 7. The number of urea groups is 2. The second-order valence-electron chi connectivity index (χ2n) is 9.70. The standard InChI is InChI=1S/C27H41N5O6/c1-8-31-20(16-30-12-13-32(18(5)15-30)26(34)28-17(3)4)23(25(33)38-9-2)24(29-27(31)35)19-10-11-21(36-6)22(14-19)37-7/h10-11,14,17-18,24H,8-9,12-13,15-16H2,1-7H3,(H,28,34)(H,29,35). The van der Waals surface area contributed by atoms with Gasteiger partial charge in [-0.25, -0.2) is 14.4 Å². The van der Waals surface area contributed by atoms with Gasteiger partial charge in [-0.1, -0.05) is 6.07 Å². The first-order valence-electron chi connectivity index (χ1n) is 13.1. The lowest BCUT2D eigenvalue weighted by molar-refractivity contribution is -0.139. The Morgan fingerprint density at radius 1 is 1.13 bits per heavy atom. The van der Waals surface area contributed by atoms with Crippen LogP contribution in [0.25, 0.3) is 0 Å². The molecule has 1 fully saturated rings. The molecule has 2 N–H and O–H groups in total. The van der Waals surface area contributed by atoms with Crippen molar-refractivity contribution in [2.45, 2.75) is 52.7 Å². The van der Waals surface area contributed by atoms with Gasteiger partial charge in [-0.3, -0.25) is 9.80 Å². The molecular formula is C27H41N5O6. The third-order valence-electron chi connectivity index (χ3n) is 6.75. The molecule has 1 aromatic carbocycles. The Kier molecular flexibility index (Phi) is 9.84. The Balaban J connectivity index is 1.99. The molecule has 0 spiro atoms. The molecule has 2 atom stereocenters. The van der Waals surface area contributed by atoms with Crippen molar-refractivity contribution in [1.82, 2.24) is 25.3 Å². The number of nitrogens with one attached hydrogen (secondary N) is 2. The largest absolute Gasteiger partial charge is 0.493 e. The number of ether oxygens (including phenoxy) is 3. The van der Waals surface area contributed by atoms with E-state index in [0.29, 0.717) is 61.1 Å². The first kappa shape index (κ1) is 29.1. The van der Waals surface area contributed by atoms with Gasteiger partial charge in [0.2, 0.25) is 0 Å². The third-order valence-corrected chi connectivity index (χ3v) is 6.75. The highest BCUT2D eigenvalue weighted by atomic mass is 16.5. The molecule has 0 radical (unpaired) electrons. The van der Waals surface area contributed by atoms with E-state index in [1.807, 2.05) is 32.6 Å². The molecule has 2 heterocycles. The molecule has 2 unspecified atom stereocenters. The number of piperazine rings is 1. The van der Waals surface area contributed by atoms with Crippen LogP contribution in [0.1, 0.15) is 46.2 Å². The summed E-state index contributed by atoms with van der Waals surface area (Å²) in [6.07, 6.45) is 0. The third kappa shape index (κ3) is 6.32. The highest BCUT2D eigenvalue weighted by Gasteiger charge is 2.39. The van der Waals surface area contributed by atoms with Crippen molar-refractivity contribution in [2.24, 2.45) is 0 Å². The maximum absolute atomic E-state index is 13.4. The zero-order valence-corrected chi connectivity index (χ0v) is 23.5. The predicted molar refractivity (Wildman–Crippen MR) is 143 cm³/mol. The summed E-state index contributed by atoms with van der Waals surface area (Å²) in [5.41, 5.74) is 1.66. The molecule has 0 bridgehead atoms. The summed E-state index contributed by atoms with van der Waals surface area (Å²) < 4.78 is 16.3. The van der Waals surface area contributed by atoms with Gasteiger partial charge in [0.05, 0.1) is 32.4 Å². The summed E-state index contributed by atoms with van der Waals surface area (Å²) in [4.78, 5) is 44.9. The van der Waals surface area contributed by atoms with Crippen molar-refractivity contribution in [2.75, 3.05) is 53.6 Å². The Morgan fingerprint density at radius 3 is 2.42 bits per heavy atom. The molecule has 0 saturated carbocycles. The monoisotopic (exact) mass is 531 g/mol. The number of carbonyl (C=O) groups excluding carboxylic acids is 3. The van der Waals surface area contributed by atoms with Crippen molar-refractivity contribution in [3.05, 3.63) is 35.0 Å². The highest BCUT2D eigenvalue weighted by molar-refractivity contribution is 5.95. The van der Waals surface area contributed by atoms with Crippen molar-refractivity contribution < 1.29 is 28.6 Å². The number of benzene rings is 1. The second-order valence-corrected chi connectivity index (χ2v) is 9.70. The van der Waals surface area contributed by atoms with Crippen LogP contribution in [0.4, 0.5) is 9.59 Å². The molecular weight excluding hydrogens is 490 g/mol. The summed E-state index contributed by atoms with van der Waals surface area (Å²) in [7, 11) is 3.09. The second kappa shape index (κ2) is 12.9. The lowest BCUT2D eigenvalue weighted by Gasteiger charge is -2.43. The fraction of sp³-hybridized carbons (Fsp3) is 0.593. The highest BCUT2D eigenvalue weighted by Crippen LogP contribution is 2.36. The van der Waals surface area contributed by atoms with Crippen LogP contribution in [-0.2, 0) is 9.53 Å². The van der Waals surface area contributed by atoms with Gasteiger partial charge >= 0.3 is 18.0 Å². The normalized spacial score (nSPS) is 20.4. The molecule has 1 aromatic rings. The lowest BCUT2D eigenvalue weighted by Crippen LogP contribution is -2.58. The molecule has 4 amide bonds. The van der Waals surface area contributed by atoms with Crippen LogP contribution in [0.15, 0.2) is 29.5 Å². The number of amides is 4. The summed E-state index contributed by atoms with van der Waals surface area (Å²) in [5.74, 6) is 0.555. The number of methoxy groups -OCH3 is 2. The summed E-state index contributed by atoms with van der Waals surface area (Å²) in [6.45, 7) is 12.2. The van der Waals surface area contributed by atoms with Gasteiger partial charge in [0.25, 0.3) is 0 Å². The number of hydrogen-bond donors (Lipinski definition) is 2. The fourth-order valence-electron chi connectivity index (χ4n) is 4.96. The lowest BCUT2D eigenvalue weighted by atomic mass is 9.93. The van der Waals surface area contributed by atoms with Crippen LogP contribution < -0.4 is 20.1 Å². The zero-order chi connectivity index (χ0) is 28.0. The van der Waals surface area contributed by atoms with Crippen LogP contribution in [0.2, 0.25) is 0 Å². The Morgan fingerprint density at radius 2 is 1.84 bits per heavy atom. The average molecular weight is 532 g/mol. The van der Waals surface area contributed by atoms with Gasteiger partial charge in [0, 0.05) is 50.5 Å². The molecule has 1 saturated heterocycles. The first-order chi connectivity index (χ1) is 18.1. The maximum Gasteiger partial charge on any atom is 0.338 e. The van der Waals surface area contributed by atoms with E-state index >= 15 is 0 Å². The molecule has 0 aliphatic carbocycles. The van der Waals surface area contributed by atoms with E-state index in [-0.39, 0.29) is 30.8 Å². The minimum atomic E-state index is -0.727. The quantitative estimate of drug-likeness (QED) is 0.471. The first-order valence-corrected chi connectivity index (χ1v) is 13.1. The maximum atomic E-state index is 13.4. The van der Waals surface area contributed by atoms with Crippen LogP contribution in [0, 0.1) is 0 Å². The SMILES string of the molecule is CCOC(=O)C1=C(CN2CCN(C(=O)NC(C)C)C(C)C2)N(CC)C(=O)NC1c1ccc(OC)c(OC)c1. The van der Waals surface area contributed by atoms with Gasteiger partial charge in [0.15, 0.2) is 11.5 Å². The van der Waals surface area contributed by atoms with Gasteiger partial charge in [-0.15, -0.1) is 0 Å². The van der Waals surface area contributed by atoms with E-state index in [9.17, 15) is 14.4 Å². The number of nitrogens with zero attached hydrogens (tertiary/aromatic N) is 3.